The van der Waals surface area contributed by atoms with Gasteiger partial charge in [0.1, 0.15) is 5.82 Å². The normalized spacial score (nSPS) is 21.6. The van der Waals surface area contributed by atoms with Crippen LogP contribution in [0.1, 0.15) is 30.6 Å². The maximum Gasteiger partial charge on any atom is 0.254 e. The van der Waals surface area contributed by atoms with Gasteiger partial charge < -0.3 is 5.32 Å². The summed E-state index contributed by atoms with van der Waals surface area (Å²) in [6.45, 7) is 4.15. The molecule has 0 radical (unpaired) electrons. The minimum atomic E-state index is -0.506. The van der Waals surface area contributed by atoms with E-state index < -0.39 is 5.82 Å². The summed E-state index contributed by atoms with van der Waals surface area (Å²) >= 11 is 4.09. The zero-order valence-electron chi connectivity index (χ0n) is 9.25. The van der Waals surface area contributed by atoms with E-state index in [1.165, 1.54) is 18.2 Å². The summed E-state index contributed by atoms with van der Waals surface area (Å²) in [6, 6.07) is 4.39. The van der Waals surface area contributed by atoms with Crippen molar-refractivity contribution < 1.29 is 9.18 Å². The Kier molecular flexibility index (Phi) is 2.70. The first kappa shape index (κ1) is 11.5. The van der Waals surface area contributed by atoms with Crippen molar-refractivity contribution in [2.75, 3.05) is 0 Å². The van der Waals surface area contributed by atoms with E-state index in [2.05, 4.69) is 31.8 Å². The lowest BCUT2D eigenvalue weighted by molar-refractivity contribution is 0.0942. The topological polar surface area (TPSA) is 29.1 Å². The van der Waals surface area contributed by atoms with Crippen molar-refractivity contribution in [3.8, 4) is 0 Å². The molecule has 1 unspecified atom stereocenters. The lowest BCUT2D eigenvalue weighted by atomic mass is 10.1. The number of carbonyl (C=O) groups is 1. The van der Waals surface area contributed by atoms with Crippen molar-refractivity contribution in [3.05, 3.63) is 29.6 Å². The van der Waals surface area contributed by atoms with E-state index in [1.807, 2.05) is 0 Å². The number of hydrogen-bond donors (Lipinski definition) is 2. The van der Waals surface area contributed by atoms with Crippen LogP contribution in [0.5, 0.6) is 0 Å². The largest absolute Gasteiger partial charge is 0.349 e. The van der Waals surface area contributed by atoms with Gasteiger partial charge >= 0.3 is 0 Å². The SMILES string of the molecule is CC1(C)CC1NC(=O)c1cc(S)ccc1F. The van der Waals surface area contributed by atoms with Gasteiger partial charge in [0.2, 0.25) is 0 Å². The second-order valence-electron chi connectivity index (χ2n) is 4.88. The molecule has 0 spiro atoms. The smallest absolute Gasteiger partial charge is 0.254 e. The Morgan fingerprint density at radius 3 is 2.75 bits per heavy atom. The van der Waals surface area contributed by atoms with Gasteiger partial charge in [-0.15, -0.1) is 12.6 Å². The van der Waals surface area contributed by atoms with Gasteiger partial charge in [-0.25, -0.2) is 4.39 Å². The molecule has 1 atom stereocenters. The number of halogens is 1. The van der Waals surface area contributed by atoms with E-state index in [0.717, 1.165) is 6.42 Å². The van der Waals surface area contributed by atoms with Gasteiger partial charge in [0.25, 0.3) is 5.91 Å². The number of thiol groups is 1. The Labute approximate surface area is 99.6 Å². The average molecular weight is 239 g/mol. The fourth-order valence-corrected chi connectivity index (χ4v) is 1.84. The van der Waals surface area contributed by atoms with Crippen molar-refractivity contribution >= 4 is 18.5 Å². The van der Waals surface area contributed by atoms with E-state index in [-0.39, 0.29) is 22.9 Å². The quantitative estimate of drug-likeness (QED) is 0.763. The molecule has 1 aromatic rings. The number of benzene rings is 1. The second-order valence-corrected chi connectivity index (χ2v) is 5.40. The van der Waals surface area contributed by atoms with Gasteiger partial charge in [-0.2, -0.15) is 0 Å². The summed E-state index contributed by atoms with van der Waals surface area (Å²) < 4.78 is 13.4. The number of nitrogens with one attached hydrogen (secondary N) is 1. The molecule has 16 heavy (non-hydrogen) atoms. The monoisotopic (exact) mass is 239 g/mol. The van der Waals surface area contributed by atoms with Gasteiger partial charge in [0, 0.05) is 10.9 Å². The third-order valence-electron chi connectivity index (χ3n) is 3.01. The standard InChI is InChI=1S/C12H14FNOS/c1-12(2)6-10(12)14-11(15)8-5-7(16)3-4-9(8)13/h3-5,10,16H,6H2,1-2H3,(H,14,15). The third-order valence-corrected chi connectivity index (χ3v) is 3.29. The van der Waals surface area contributed by atoms with E-state index >= 15 is 0 Å². The minimum absolute atomic E-state index is 0.0650. The maximum atomic E-state index is 13.4. The van der Waals surface area contributed by atoms with Crippen LogP contribution in [-0.2, 0) is 0 Å². The summed E-state index contributed by atoms with van der Waals surface area (Å²) in [5.41, 5.74) is 0.209. The van der Waals surface area contributed by atoms with Gasteiger partial charge in [0.05, 0.1) is 5.56 Å². The van der Waals surface area contributed by atoms with Crippen molar-refractivity contribution in [2.24, 2.45) is 5.41 Å². The average Bonchev–Trinajstić information content (AvgIpc) is 2.77. The Balaban J connectivity index is 2.12. The number of amides is 1. The molecule has 0 aromatic heterocycles. The van der Waals surface area contributed by atoms with E-state index in [1.54, 1.807) is 0 Å². The first-order valence-electron chi connectivity index (χ1n) is 5.19. The first-order chi connectivity index (χ1) is 7.40. The lowest BCUT2D eigenvalue weighted by Gasteiger charge is -2.08. The third kappa shape index (κ3) is 2.21. The highest BCUT2D eigenvalue weighted by Gasteiger charge is 2.46. The van der Waals surface area contributed by atoms with E-state index in [0.29, 0.717) is 4.90 Å². The van der Waals surface area contributed by atoms with Gasteiger partial charge in [-0.05, 0) is 30.0 Å². The van der Waals surface area contributed by atoms with Crippen LogP contribution in [0.15, 0.2) is 23.1 Å². The zero-order chi connectivity index (χ0) is 11.9. The molecule has 86 valence electrons. The van der Waals surface area contributed by atoms with Gasteiger partial charge in [-0.1, -0.05) is 13.8 Å². The van der Waals surface area contributed by atoms with Crippen LogP contribution >= 0.6 is 12.6 Å². The van der Waals surface area contributed by atoms with Crippen LogP contribution < -0.4 is 5.32 Å². The summed E-state index contributed by atoms with van der Waals surface area (Å²) in [5.74, 6) is -0.863. The molecular formula is C12H14FNOS. The highest BCUT2D eigenvalue weighted by atomic mass is 32.1. The predicted octanol–water partition coefficient (Wildman–Crippen LogP) is 2.64. The fraction of sp³-hybridized carbons (Fsp3) is 0.417. The molecule has 1 aromatic carbocycles. The van der Waals surface area contributed by atoms with Gasteiger partial charge in [0.15, 0.2) is 0 Å². The van der Waals surface area contributed by atoms with Crippen LogP contribution in [0.4, 0.5) is 4.39 Å². The van der Waals surface area contributed by atoms with E-state index in [9.17, 15) is 9.18 Å². The van der Waals surface area contributed by atoms with Crippen molar-refractivity contribution in [2.45, 2.75) is 31.2 Å². The van der Waals surface area contributed by atoms with E-state index in [4.69, 9.17) is 0 Å². The Bertz CT molecular complexity index is 445. The molecule has 0 bridgehead atoms. The fourth-order valence-electron chi connectivity index (χ4n) is 1.64. The Hall–Kier alpha value is -1.03. The zero-order valence-corrected chi connectivity index (χ0v) is 10.1. The number of rotatable bonds is 2. The van der Waals surface area contributed by atoms with Crippen LogP contribution in [0, 0.1) is 11.2 Å². The molecule has 4 heteroatoms. The highest BCUT2D eigenvalue weighted by molar-refractivity contribution is 7.80. The first-order valence-corrected chi connectivity index (χ1v) is 5.64. The van der Waals surface area contributed by atoms with Crippen LogP contribution in [0.25, 0.3) is 0 Å². The molecule has 1 aliphatic rings. The second kappa shape index (κ2) is 3.77. The molecule has 2 rings (SSSR count). The van der Waals surface area contributed by atoms with Crippen LogP contribution in [-0.4, -0.2) is 11.9 Å². The lowest BCUT2D eigenvalue weighted by Crippen LogP contribution is -2.29. The summed E-state index contributed by atoms with van der Waals surface area (Å²) in [7, 11) is 0. The number of hydrogen-bond acceptors (Lipinski definition) is 2. The number of carbonyl (C=O) groups excluding carboxylic acids is 1. The predicted molar refractivity (Wildman–Crippen MR) is 63.3 cm³/mol. The van der Waals surface area contributed by atoms with Crippen molar-refractivity contribution in [1.29, 1.82) is 0 Å². The summed E-state index contributed by atoms with van der Waals surface area (Å²) in [4.78, 5) is 12.4. The van der Waals surface area contributed by atoms with Crippen LogP contribution in [0.3, 0.4) is 0 Å². The van der Waals surface area contributed by atoms with Crippen LogP contribution in [0.2, 0.25) is 0 Å². The summed E-state index contributed by atoms with van der Waals surface area (Å²) in [5, 5.41) is 2.82. The van der Waals surface area contributed by atoms with Crippen molar-refractivity contribution in [3.63, 3.8) is 0 Å². The highest BCUT2D eigenvalue weighted by Crippen LogP contribution is 2.44. The van der Waals surface area contributed by atoms with Gasteiger partial charge in [-0.3, -0.25) is 4.79 Å². The molecule has 1 aliphatic carbocycles. The summed E-state index contributed by atoms with van der Waals surface area (Å²) in [6.07, 6.45) is 0.945. The molecule has 1 amide bonds. The molecule has 1 N–H and O–H groups in total. The van der Waals surface area contributed by atoms with Crippen molar-refractivity contribution in [1.82, 2.24) is 5.32 Å². The molecule has 0 saturated heterocycles. The molecular weight excluding hydrogens is 225 g/mol. The molecule has 1 fully saturated rings. The molecule has 2 nitrogen and oxygen atoms in total. The minimum Gasteiger partial charge on any atom is -0.349 e. The molecule has 0 aliphatic heterocycles. The maximum absolute atomic E-state index is 13.4. The molecule has 1 saturated carbocycles. The Morgan fingerprint density at radius 2 is 2.19 bits per heavy atom. The molecule has 0 heterocycles. The Morgan fingerprint density at radius 1 is 1.56 bits per heavy atom.